The quantitative estimate of drug-likeness (QED) is 0.304. The largest absolute Gasteiger partial charge is 0.497 e. The monoisotopic (exact) mass is 528 g/mol. The lowest BCUT2D eigenvalue weighted by atomic mass is 10.1. The molecule has 2 N–H and O–H groups in total. The molecule has 0 spiro atoms. The third-order valence-corrected chi connectivity index (χ3v) is 7.10. The van der Waals surface area contributed by atoms with Crippen LogP contribution in [-0.4, -0.2) is 76.6 Å². The minimum Gasteiger partial charge on any atom is -0.497 e. The van der Waals surface area contributed by atoms with Crippen LogP contribution in [0, 0.1) is 0 Å². The number of hydrogen-bond donors (Lipinski definition) is 2. The third kappa shape index (κ3) is 6.01. The SMILES string of the molecule is COC(=O)c1cn([C@H]2C[C@@H](C(=O)NCCc3c[nH]c4ccccc34)N(CC=Cc3ccc(OC)cc3)C2)nn1. The van der Waals surface area contributed by atoms with Crippen LogP contribution in [0.4, 0.5) is 0 Å². The molecule has 2 aromatic heterocycles. The van der Waals surface area contributed by atoms with E-state index >= 15 is 0 Å². The fraction of sp³-hybridized carbons (Fsp3) is 0.310. The number of rotatable bonds is 10. The summed E-state index contributed by atoms with van der Waals surface area (Å²) >= 11 is 0. The molecule has 1 saturated heterocycles. The van der Waals surface area contributed by atoms with E-state index in [4.69, 9.17) is 9.47 Å². The summed E-state index contributed by atoms with van der Waals surface area (Å²) in [5.41, 5.74) is 3.46. The van der Waals surface area contributed by atoms with E-state index < -0.39 is 5.97 Å². The number of nitrogens with zero attached hydrogens (tertiary/aromatic N) is 4. The van der Waals surface area contributed by atoms with E-state index in [9.17, 15) is 9.59 Å². The maximum atomic E-state index is 13.4. The maximum absolute atomic E-state index is 13.4. The predicted molar refractivity (Wildman–Crippen MR) is 147 cm³/mol. The lowest BCUT2D eigenvalue weighted by Crippen LogP contribution is -2.43. The van der Waals surface area contributed by atoms with E-state index in [1.165, 1.54) is 18.1 Å². The Morgan fingerprint density at radius 2 is 1.97 bits per heavy atom. The lowest BCUT2D eigenvalue weighted by molar-refractivity contribution is -0.125. The van der Waals surface area contributed by atoms with E-state index in [0.717, 1.165) is 23.3 Å². The first-order chi connectivity index (χ1) is 19.1. The van der Waals surface area contributed by atoms with Crippen molar-refractivity contribution in [3.8, 4) is 5.75 Å². The Morgan fingerprint density at radius 3 is 2.77 bits per heavy atom. The molecule has 1 amide bonds. The highest BCUT2D eigenvalue weighted by Gasteiger charge is 2.37. The van der Waals surface area contributed by atoms with Gasteiger partial charge >= 0.3 is 5.97 Å². The Kier molecular flexibility index (Phi) is 8.02. The highest BCUT2D eigenvalue weighted by Crippen LogP contribution is 2.27. The number of aromatic amines is 1. The Balaban J connectivity index is 1.26. The van der Waals surface area contributed by atoms with Crippen LogP contribution >= 0.6 is 0 Å². The molecule has 0 bridgehead atoms. The van der Waals surface area contributed by atoms with Gasteiger partial charge in [0, 0.05) is 36.7 Å². The summed E-state index contributed by atoms with van der Waals surface area (Å²) < 4.78 is 11.6. The van der Waals surface area contributed by atoms with Crippen molar-refractivity contribution in [1.82, 2.24) is 30.2 Å². The molecule has 39 heavy (non-hydrogen) atoms. The van der Waals surface area contributed by atoms with Gasteiger partial charge in [0.25, 0.3) is 0 Å². The molecule has 3 heterocycles. The number of H-pyrrole nitrogens is 1. The van der Waals surface area contributed by atoms with Crippen molar-refractivity contribution >= 4 is 28.9 Å². The normalized spacial score (nSPS) is 17.6. The molecule has 202 valence electrons. The van der Waals surface area contributed by atoms with Gasteiger partial charge in [-0.05, 0) is 42.2 Å². The molecule has 1 aliphatic rings. The number of fused-ring (bicyclic) bond motifs is 1. The number of aromatic nitrogens is 4. The van der Waals surface area contributed by atoms with Crippen LogP contribution in [0.3, 0.4) is 0 Å². The van der Waals surface area contributed by atoms with Gasteiger partial charge in [-0.1, -0.05) is 47.7 Å². The van der Waals surface area contributed by atoms with Crippen molar-refractivity contribution in [2.24, 2.45) is 0 Å². The molecule has 0 radical (unpaired) electrons. The average molecular weight is 529 g/mol. The summed E-state index contributed by atoms with van der Waals surface area (Å²) in [7, 11) is 2.95. The van der Waals surface area contributed by atoms with Gasteiger partial charge in [0.1, 0.15) is 5.75 Å². The zero-order valence-electron chi connectivity index (χ0n) is 22.0. The number of benzene rings is 2. The molecular formula is C29H32N6O4. The van der Waals surface area contributed by atoms with Gasteiger partial charge in [0.05, 0.1) is 32.5 Å². The van der Waals surface area contributed by atoms with Crippen LogP contribution in [0.2, 0.25) is 0 Å². The van der Waals surface area contributed by atoms with Crippen LogP contribution in [0.25, 0.3) is 17.0 Å². The Morgan fingerprint density at radius 1 is 1.15 bits per heavy atom. The molecule has 4 aromatic rings. The minimum absolute atomic E-state index is 0.0245. The lowest BCUT2D eigenvalue weighted by Gasteiger charge is -2.22. The van der Waals surface area contributed by atoms with Gasteiger partial charge in [-0.25, -0.2) is 9.48 Å². The number of methoxy groups -OCH3 is 2. The van der Waals surface area contributed by atoms with Gasteiger partial charge in [0.2, 0.25) is 5.91 Å². The molecule has 0 aliphatic carbocycles. The summed E-state index contributed by atoms with van der Waals surface area (Å²) in [5.74, 6) is 0.242. The van der Waals surface area contributed by atoms with Crippen LogP contribution < -0.4 is 10.1 Å². The van der Waals surface area contributed by atoms with Crippen LogP contribution in [0.1, 0.15) is 34.1 Å². The summed E-state index contributed by atoms with van der Waals surface area (Å²) in [6.07, 6.45) is 8.96. The van der Waals surface area contributed by atoms with E-state index in [1.54, 1.807) is 18.0 Å². The Bertz CT molecular complexity index is 1460. The smallest absolute Gasteiger partial charge is 0.360 e. The number of ether oxygens (including phenoxy) is 2. The first-order valence-electron chi connectivity index (χ1n) is 12.9. The van der Waals surface area contributed by atoms with E-state index in [2.05, 4.69) is 37.7 Å². The predicted octanol–water partition coefficient (Wildman–Crippen LogP) is 3.24. The topological polar surface area (TPSA) is 114 Å². The van der Waals surface area contributed by atoms with Gasteiger partial charge in [-0.3, -0.25) is 9.69 Å². The fourth-order valence-corrected chi connectivity index (χ4v) is 5.01. The number of para-hydroxylation sites is 1. The molecule has 2 atom stereocenters. The summed E-state index contributed by atoms with van der Waals surface area (Å²) in [6, 6.07) is 15.5. The van der Waals surface area contributed by atoms with Crippen molar-refractivity contribution in [2.75, 3.05) is 33.9 Å². The van der Waals surface area contributed by atoms with E-state index in [-0.39, 0.29) is 23.7 Å². The summed E-state index contributed by atoms with van der Waals surface area (Å²) in [6.45, 7) is 1.71. The van der Waals surface area contributed by atoms with Gasteiger partial charge in [0.15, 0.2) is 5.69 Å². The van der Waals surface area contributed by atoms with Crippen LogP contribution in [-0.2, 0) is 16.0 Å². The third-order valence-electron chi connectivity index (χ3n) is 7.10. The fourth-order valence-electron chi connectivity index (χ4n) is 5.01. The van der Waals surface area contributed by atoms with Gasteiger partial charge in [-0.2, -0.15) is 0 Å². The first-order valence-corrected chi connectivity index (χ1v) is 12.9. The molecule has 10 heteroatoms. The number of hydrogen-bond acceptors (Lipinski definition) is 7. The number of likely N-dealkylation sites (tertiary alicyclic amines) is 1. The molecule has 1 fully saturated rings. The van der Waals surface area contributed by atoms with Crippen LogP contribution in [0.5, 0.6) is 5.75 Å². The molecule has 5 rings (SSSR count). The van der Waals surface area contributed by atoms with Crippen molar-refractivity contribution in [2.45, 2.75) is 24.9 Å². The van der Waals surface area contributed by atoms with Gasteiger partial charge in [-0.15, -0.1) is 5.10 Å². The van der Waals surface area contributed by atoms with E-state index in [0.29, 0.717) is 26.1 Å². The number of esters is 1. The number of nitrogens with one attached hydrogen (secondary N) is 2. The zero-order chi connectivity index (χ0) is 27.2. The number of amides is 1. The number of carbonyl (C=O) groups is 2. The highest BCUT2D eigenvalue weighted by molar-refractivity contribution is 5.86. The standard InChI is InChI=1S/C29H32N6O4/c1-38-23-11-9-20(10-12-23)6-5-15-34-18-22(35-19-26(32-33-35)29(37)39-2)16-27(34)28(36)30-14-13-21-17-31-25-8-4-3-7-24(21)25/h3-12,17,19,22,27,31H,13-16,18H2,1-2H3,(H,30,36)/t22-,27-/m0/s1. The molecule has 1 aliphatic heterocycles. The van der Waals surface area contributed by atoms with Gasteiger partial charge < -0.3 is 19.8 Å². The second kappa shape index (κ2) is 12.0. The molecule has 2 aromatic carbocycles. The highest BCUT2D eigenvalue weighted by atomic mass is 16.5. The molecule has 0 saturated carbocycles. The second-order valence-corrected chi connectivity index (χ2v) is 9.51. The van der Waals surface area contributed by atoms with Crippen LogP contribution in [0.15, 0.2) is 67.0 Å². The number of carbonyl (C=O) groups excluding carboxylic acids is 2. The van der Waals surface area contributed by atoms with E-state index in [1.807, 2.05) is 54.7 Å². The molecular weight excluding hydrogens is 496 g/mol. The first kappa shape index (κ1) is 26.2. The maximum Gasteiger partial charge on any atom is 0.360 e. The minimum atomic E-state index is -0.537. The van der Waals surface area contributed by atoms with Crippen molar-refractivity contribution in [1.29, 1.82) is 0 Å². The van der Waals surface area contributed by atoms with Crippen molar-refractivity contribution in [3.05, 3.63) is 83.8 Å². The average Bonchev–Trinajstić information content (AvgIpc) is 3.72. The Hall–Kier alpha value is -4.44. The summed E-state index contributed by atoms with van der Waals surface area (Å²) in [5, 5.41) is 12.4. The van der Waals surface area contributed by atoms with Crippen molar-refractivity contribution in [3.63, 3.8) is 0 Å². The zero-order valence-corrected chi connectivity index (χ0v) is 22.0. The Labute approximate surface area is 226 Å². The molecule has 10 nitrogen and oxygen atoms in total. The summed E-state index contributed by atoms with van der Waals surface area (Å²) in [4.78, 5) is 30.6. The van der Waals surface area contributed by atoms with Crippen molar-refractivity contribution < 1.29 is 19.1 Å². The second-order valence-electron chi connectivity index (χ2n) is 9.51. The molecule has 0 unspecified atom stereocenters.